The number of nitro groups is 1. The van der Waals surface area contributed by atoms with Crippen LogP contribution in [-0.2, 0) is 0 Å². The smallest absolute Gasteiger partial charge is 0.271 e. The summed E-state index contributed by atoms with van der Waals surface area (Å²) in [5, 5.41) is 14.4. The molecule has 3 rings (SSSR count). The number of anilines is 2. The Morgan fingerprint density at radius 1 is 1.25 bits per heavy atom. The normalized spacial score (nSPS) is 16.8. The van der Waals surface area contributed by atoms with Gasteiger partial charge in [0.25, 0.3) is 5.69 Å². The van der Waals surface area contributed by atoms with Crippen molar-refractivity contribution < 1.29 is 4.92 Å². The first-order valence-electron chi connectivity index (χ1n) is 6.05. The molecule has 0 amide bonds. The fraction of sp³-hybridized carbons (Fsp3) is 0.0714. The van der Waals surface area contributed by atoms with Crippen molar-refractivity contribution in [1.82, 2.24) is 5.43 Å². The van der Waals surface area contributed by atoms with E-state index in [2.05, 4.69) is 5.43 Å². The molecule has 0 bridgehead atoms. The molecule has 1 N–H and O–H groups in total. The molecule has 5 nitrogen and oxygen atoms in total. The Kier molecular flexibility index (Phi) is 3.17. The summed E-state index contributed by atoms with van der Waals surface area (Å²) in [6, 6.07) is 14.3. The molecule has 2 aromatic carbocycles. The maximum absolute atomic E-state index is 10.9. The van der Waals surface area contributed by atoms with Gasteiger partial charge in [0.1, 0.15) is 0 Å². The Bertz CT molecular complexity index is 675. The number of nitro benzene ring substituents is 1. The molecule has 1 unspecified atom stereocenters. The Hall–Kier alpha value is -2.31. The summed E-state index contributed by atoms with van der Waals surface area (Å²) >= 11 is 5.03. The van der Waals surface area contributed by atoms with E-state index in [0.29, 0.717) is 0 Å². The molecule has 0 aromatic heterocycles. The Morgan fingerprint density at radius 3 is 2.65 bits per heavy atom. The van der Waals surface area contributed by atoms with Gasteiger partial charge in [-0.15, -0.1) is 0 Å². The van der Waals surface area contributed by atoms with E-state index in [4.69, 9.17) is 12.2 Å². The highest BCUT2D eigenvalue weighted by Gasteiger charge is 2.29. The van der Waals surface area contributed by atoms with Crippen molar-refractivity contribution in [1.29, 1.82) is 0 Å². The monoisotopic (exact) mass is 285 g/mol. The van der Waals surface area contributed by atoms with Gasteiger partial charge in [0.15, 0.2) is 0 Å². The molecular weight excluding hydrogens is 274 g/mol. The van der Waals surface area contributed by atoms with E-state index in [1.807, 2.05) is 35.3 Å². The number of nitrogens with one attached hydrogen (secondary N) is 1. The number of hydrogen-bond acceptors (Lipinski definition) is 5. The van der Waals surface area contributed by atoms with Crippen LogP contribution in [0.2, 0.25) is 0 Å². The second-order valence-electron chi connectivity index (χ2n) is 4.41. The van der Waals surface area contributed by atoms with Gasteiger partial charge in [0.05, 0.1) is 22.3 Å². The van der Waals surface area contributed by atoms with Crippen LogP contribution in [0, 0.1) is 10.1 Å². The number of fused-ring (bicyclic) bond motifs is 1. The fourth-order valence-corrected chi connectivity index (χ4v) is 2.48. The molecule has 6 heteroatoms. The van der Waals surface area contributed by atoms with E-state index >= 15 is 0 Å². The number of thiocarbonyl (C=S) groups is 1. The molecule has 1 heterocycles. The highest BCUT2D eigenvalue weighted by Crippen LogP contribution is 2.38. The Morgan fingerprint density at radius 2 is 2.00 bits per heavy atom. The molecule has 0 spiro atoms. The van der Waals surface area contributed by atoms with Crippen molar-refractivity contribution in [3.63, 3.8) is 0 Å². The maximum Gasteiger partial charge on any atom is 0.271 e. The van der Waals surface area contributed by atoms with Crippen LogP contribution in [0.25, 0.3) is 0 Å². The molecule has 0 radical (unpaired) electrons. The number of hydrazine groups is 1. The predicted molar refractivity (Wildman–Crippen MR) is 81.2 cm³/mol. The van der Waals surface area contributed by atoms with Crippen LogP contribution in [0.4, 0.5) is 17.1 Å². The Balaban J connectivity index is 2.11. The van der Waals surface area contributed by atoms with Crippen molar-refractivity contribution in [2.45, 2.75) is 6.04 Å². The van der Waals surface area contributed by atoms with E-state index in [0.717, 1.165) is 16.9 Å². The molecule has 2 aromatic rings. The third-order valence-corrected chi connectivity index (χ3v) is 3.49. The number of para-hydroxylation sites is 1. The van der Waals surface area contributed by atoms with Gasteiger partial charge >= 0.3 is 0 Å². The van der Waals surface area contributed by atoms with E-state index in [9.17, 15) is 10.1 Å². The molecule has 0 saturated heterocycles. The van der Waals surface area contributed by atoms with Gasteiger partial charge in [-0.1, -0.05) is 30.4 Å². The molecular formula is C14H11N3O2S. The van der Waals surface area contributed by atoms with Crippen LogP contribution in [0.1, 0.15) is 11.6 Å². The van der Waals surface area contributed by atoms with Crippen molar-refractivity contribution in [3.8, 4) is 0 Å². The van der Waals surface area contributed by atoms with Crippen LogP contribution in [0.3, 0.4) is 0 Å². The largest absolute Gasteiger partial charge is 0.276 e. The minimum absolute atomic E-state index is 0.0662. The van der Waals surface area contributed by atoms with Crippen molar-refractivity contribution in [3.05, 3.63) is 64.2 Å². The molecule has 100 valence electrons. The van der Waals surface area contributed by atoms with Gasteiger partial charge in [0.2, 0.25) is 0 Å². The van der Waals surface area contributed by atoms with Gasteiger partial charge < -0.3 is 0 Å². The number of hydrogen-bond donors (Lipinski definition) is 1. The standard InChI is InChI=1S/C14H11N3O2S/c18-17(19)11-6-7-12-13(9-20)15-16(14(12)8-11)10-4-2-1-3-5-10/h1-9,13,15H. The predicted octanol–water partition coefficient (Wildman–Crippen LogP) is 3.29. The third kappa shape index (κ3) is 2.04. The highest BCUT2D eigenvalue weighted by molar-refractivity contribution is 7.79. The summed E-state index contributed by atoms with van der Waals surface area (Å²) in [5.41, 5.74) is 5.92. The maximum atomic E-state index is 10.9. The summed E-state index contributed by atoms with van der Waals surface area (Å²) in [6.07, 6.45) is 0. The third-order valence-electron chi connectivity index (χ3n) is 3.22. The lowest BCUT2D eigenvalue weighted by Gasteiger charge is -2.19. The first kappa shape index (κ1) is 12.7. The van der Waals surface area contributed by atoms with Crippen LogP contribution >= 0.6 is 12.2 Å². The summed E-state index contributed by atoms with van der Waals surface area (Å²) in [6.45, 7) is 0. The molecule has 1 aliphatic rings. The lowest BCUT2D eigenvalue weighted by Crippen LogP contribution is -2.30. The van der Waals surface area contributed by atoms with Crippen LogP contribution < -0.4 is 10.4 Å². The molecule has 0 aliphatic carbocycles. The van der Waals surface area contributed by atoms with E-state index < -0.39 is 4.92 Å². The van der Waals surface area contributed by atoms with Crippen molar-refractivity contribution in [2.75, 3.05) is 5.01 Å². The Labute approximate surface area is 121 Å². The molecule has 20 heavy (non-hydrogen) atoms. The number of benzene rings is 2. The van der Waals surface area contributed by atoms with Crippen molar-refractivity contribution in [2.24, 2.45) is 0 Å². The first-order valence-corrected chi connectivity index (χ1v) is 6.53. The van der Waals surface area contributed by atoms with E-state index in [1.165, 1.54) is 6.07 Å². The SMILES string of the molecule is O=[N+]([O-])c1ccc2c(c1)N(c1ccccc1)NC2C=S. The van der Waals surface area contributed by atoms with Gasteiger partial charge in [-0.05, 0) is 18.2 Å². The fourth-order valence-electron chi connectivity index (χ4n) is 2.27. The van der Waals surface area contributed by atoms with Crippen LogP contribution in [0.15, 0.2) is 48.5 Å². The van der Waals surface area contributed by atoms with Gasteiger partial charge in [-0.3, -0.25) is 15.1 Å². The average Bonchev–Trinajstić information content (AvgIpc) is 2.86. The zero-order valence-electron chi connectivity index (χ0n) is 10.4. The highest BCUT2D eigenvalue weighted by atomic mass is 32.1. The number of nitrogens with zero attached hydrogens (tertiary/aromatic N) is 2. The summed E-state index contributed by atoms with van der Waals surface area (Å²) in [7, 11) is 0. The van der Waals surface area contributed by atoms with Crippen LogP contribution in [0.5, 0.6) is 0 Å². The molecule has 0 saturated carbocycles. The molecule has 0 fully saturated rings. The van der Waals surface area contributed by atoms with Gasteiger partial charge in [0, 0.05) is 23.1 Å². The summed E-state index contributed by atoms with van der Waals surface area (Å²) < 4.78 is 0. The van der Waals surface area contributed by atoms with E-state index in [1.54, 1.807) is 17.5 Å². The second-order valence-corrected chi connectivity index (χ2v) is 4.69. The summed E-state index contributed by atoms with van der Waals surface area (Å²) in [5.74, 6) is 0. The summed E-state index contributed by atoms with van der Waals surface area (Å²) in [4.78, 5) is 10.5. The second kappa shape index (κ2) is 4.99. The van der Waals surface area contributed by atoms with Crippen LogP contribution in [-0.4, -0.2) is 10.3 Å². The topological polar surface area (TPSA) is 58.4 Å². The van der Waals surface area contributed by atoms with Gasteiger partial charge in [-0.2, -0.15) is 0 Å². The lowest BCUT2D eigenvalue weighted by molar-refractivity contribution is -0.384. The minimum Gasteiger partial charge on any atom is -0.276 e. The number of rotatable bonds is 3. The lowest BCUT2D eigenvalue weighted by atomic mass is 10.1. The molecule has 1 aliphatic heterocycles. The van der Waals surface area contributed by atoms with E-state index in [-0.39, 0.29) is 11.7 Å². The minimum atomic E-state index is -0.395. The zero-order chi connectivity index (χ0) is 14.1. The molecule has 1 atom stereocenters. The number of non-ortho nitro benzene ring substituents is 1. The first-order chi connectivity index (χ1) is 9.70. The zero-order valence-corrected chi connectivity index (χ0v) is 11.2. The van der Waals surface area contributed by atoms with Crippen molar-refractivity contribution >= 4 is 34.6 Å². The van der Waals surface area contributed by atoms with Gasteiger partial charge in [-0.25, -0.2) is 5.43 Å². The average molecular weight is 285 g/mol. The quantitative estimate of drug-likeness (QED) is 0.533.